The van der Waals surface area contributed by atoms with Crippen LogP contribution in [0, 0.1) is 0 Å². The van der Waals surface area contributed by atoms with Crippen LogP contribution in [-0.2, 0) is 14.3 Å². The molecule has 1 N–H and O–H groups in total. The van der Waals surface area contributed by atoms with Gasteiger partial charge in [-0.2, -0.15) is 0 Å². The lowest BCUT2D eigenvalue weighted by Gasteiger charge is -2.20. The van der Waals surface area contributed by atoms with Gasteiger partial charge in [-0.15, -0.1) is 11.8 Å². The van der Waals surface area contributed by atoms with Crippen LogP contribution >= 0.6 is 11.8 Å². The van der Waals surface area contributed by atoms with Gasteiger partial charge in [0.2, 0.25) is 5.91 Å². The molecule has 0 saturated carbocycles. The highest BCUT2D eigenvalue weighted by Crippen LogP contribution is 2.21. The molecule has 6 heteroatoms. The number of carbonyl (C=O) groups excluding carboxylic acids is 1. The smallest absolute Gasteiger partial charge is 0.327 e. The monoisotopic (exact) mass is 233 g/mol. The van der Waals surface area contributed by atoms with E-state index in [4.69, 9.17) is 9.84 Å². The van der Waals surface area contributed by atoms with Gasteiger partial charge in [-0.3, -0.25) is 4.79 Å². The molecule has 0 bridgehead atoms. The molecule has 0 aromatic rings. The van der Waals surface area contributed by atoms with Crippen molar-refractivity contribution in [2.24, 2.45) is 0 Å². The Morgan fingerprint density at radius 3 is 2.80 bits per heavy atom. The first-order chi connectivity index (χ1) is 7.02. The van der Waals surface area contributed by atoms with Crippen LogP contribution in [0.1, 0.15) is 13.8 Å². The third kappa shape index (κ3) is 3.39. The number of ether oxygens (including phenoxy) is 1. The van der Waals surface area contributed by atoms with Gasteiger partial charge in [0.1, 0.15) is 12.6 Å². The Hall–Kier alpha value is -0.750. The van der Waals surface area contributed by atoms with E-state index in [2.05, 4.69) is 0 Å². The van der Waals surface area contributed by atoms with Crippen LogP contribution in [0.3, 0.4) is 0 Å². The van der Waals surface area contributed by atoms with E-state index >= 15 is 0 Å². The minimum Gasteiger partial charge on any atom is -0.480 e. The first-order valence-corrected chi connectivity index (χ1v) is 5.89. The van der Waals surface area contributed by atoms with Gasteiger partial charge in [-0.05, 0) is 13.8 Å². The molecule has 1 aliphatic heterocycles. The molecule has 1 aliphatic rings. The number of hydrogen-bond acceptors (Lipinski definition) is 4. The summed E-state index contributed by atoms with van der Waals surface area (Å²) in [4.78, 5) is 23.8. The maximum absolute atomic E-state index is 11.6. The molecule has 1 amide bonds. The summed E-state index contributed by atoms with van der Waals surface area (Å²) in [5, 5.41) is 8.86. The normalized spacial score (nSPS) is 21.0. The molecule has 1 unspecified atom stereocenters. The molecule has 1 heterocycles. The van der Waals surface area contributed by atoms with E-state index in [0.29, 0.717) is 11.6 Å². The van der Waals surface area contributed by atoms with Gasteiger partial charge in [0.05, 0.1) is 12.0 Å². The molecule has 1 atom stereocenters. The van der Waals surface area contributed by atoms with E-state index in [0.717, 1.165) is 0 Å². The third-order valence-corrected chi connectivity index (χ3v) is 3.04. The van der Waals surface area contributed by atoms with Gasteiger partial charge < -0.3 is 14.7 Å². The number of nitrogens with zero attached hydrogens (tertiary/aromatic N) is 1. The molecule has 0 aromatic carbocycles. The Bertz CT molecular complexity index is 256. The first kappa shape index (κ1) is 12.3. The molecule has 15 heavy (non-hydrogen) atoms. The standard InChI is InChI=1S/C9H15NO4S/c1-6(2)14-3-8(11)10-5-15-4-7(10)9(12)13/h6-7H,3-5H2,1-2H3,(H,12,13). The predicted molar refractivity (Wildman–Crippen MR) is 56.7 cm³/mol. The van der Waals surface area contributed by atoms with Gasteiger partial charge in [-0.1, -0.05) is 0 Å². The quantitative estimate of drug-likeness (QED) is 0.761. The Labute approximate surface area is 92.8 Å². The highest BCUT2D eigenvalue weighted by Gasteiger charge is 2.34. The minimum atomic E-state index is -0.946. The van der Waals surface area contributed by atoms with E-state index < -0.39 is 12.0 Å². The summed E-state index contributed by atoms with van der Waals surface area (Å²) >= 11 is 1.45. The molecule has 1 fully saturated rings. The molecule has 5 nitrogen and oxygen atoms in total. The average Bonchev–Trinajstić information content (AvgIpc) is 2.62. The Morgan fingerprint density at radius 2 is 2.27 bits per heavy atom. The number of rotatable bonds is 4. The second kappa shape index (κ2) is 5.37. The molecule has 1 rings (SSSR count). The molecule has 86 valence electrons. The van der Waals surface area contributed by atoms with Crippen LogP contribution in [0.15, 0.2) is 0 Å². The van der Waals surface area contributed by atoms with E-state index in [-0.39, 0.29) is 18.6 Å². The number of carbonyl (C=O) groups is 2. The number of carboxylic acid groups (broad SMARTS) is 1. The number of hydrogen-bond donors (Lipinski definition) is 1. The summed E-state index contributed by atoms with van der Waals surface area (Å²) in [5.41, 5.74) is 0. The minimum absolute atomic E-state index is 0.0208. The van der Waals surface area contributed by atoms with Crippen LogP contribution < -0.4 is 0 Å². The molecular formula is C9H15NO4S. The fourth-order valence-corrected chi connectivity index (χ4v) is 2.39. The van der Waals surface area contributed by atoms with Gasteiger partial charge in [0.25, 0.3) is 0 Å². The van der Waals surface area contributed by atoms with Crippen molar-refractivity contribution >= 4 is 23.6 Å². The zero-order valence-electron chi connectivity index (χ0n) is 8.80. The molecule has 0 radical (unpaired) electrons. The van der Waals surface area contributed by atoms with Gasteiger partial charge >= 0.3 is 5.97 Å². The summed E-state index contributed by atoms with van der Waals surface area (Å²) in [6.45, 7) is 3.63. The fourth-order valence-electron chi connectivity index (χ4n) is 1.21. The Morgan fingerprint density at radius 1 is 1.60 bits per heavy atom. The van der Waals surface area contributed by atoms with Crippen LogP contribution in [0.2, 0.25) is 0 Å². The number of thioether (sulfide) groups is 1. The Balaban J connectivity index is 2.47. The lowest BCUT2D eigenvalue weighted by Crippen LogP contribution is -2.43. The van der Waals surface area contributed by atoms with Crippen LogP contribution in [-0.4, -0.2) is 52.3 Å². The second-order valence-corrected chi connectivity index (χ2v) is 4.58. The topological polar surface area (TPSA) is 66.8 Å². The molecule has 0 aromatic heterocycles. The predicted octanol–water partition coefficient (Wildman–Crippen LogP) is 0.397. The van der Waals surface area contributed by atoms with Crippen molar-refractivity contribution in [1.29, 1.82) is 0 Å². The van der Waals surface area contributed by atoms with Crippen molar-refractivity contribution in [3.8, 4) is 0 Å². The van der Waals surface area contributed by atoms with Crippen molar-refractivity contribution in [2.75, 3.05) is 18.2 Å². The third-order valence-electron chi connectivity index (χ3n) is 2.03. The lowest BCUT2D eigenvalue weighted by atomic mass is 10.3. The number of amides is 1. The summed E-state index contributed by atoms with van der Waals surface area (Å²) in [5.74, 6) is -0.293. The maximum atomic E-state index is 11.6. The van der Waals surface area contributed by atoms with Crippen LogP contribution in [0.5, 0.6) is 0 Å². The van der Waals surface area contributed by atoms with Gasteiger partial charge in [0.15, 0.2) is 0 Å². The summed E-state index contributed by atoms with van der Waals surface area (Å²) < 4.78 is 5.15. The Kier molecular flexibility index (Phi) is 4.41. The summed E-state index contributed by atoms with van der Waals surface area (Å²) in [6.07, 6.45) is -0.0208. The lowest BCUT2D eigenvalue weighted by molar-refractivity contribution is -0.150. The van der Waals surface area contributed by atoms with Crippen molar-refractivity contribution in [2.45, 2.75) is 26.0 Å². The van der Waals surface area contributed by atoms with E-state index in [1.54, 1.807) is 0 Å². The van der Waals surface area contributed by atoms with Crippen LogP contribution in [0.4, 0.5) is 0 Å². The largest absolute Gasteiger partial charge is 0.480 e. The molecule has 0 aliphatic carbocycles. The highest BCUT2D eigenvalue weighted by molar-refractivity contribution is 7.99. The molecule has 0 spiro atoms. The second-order valence-electron chi connectivity index (χ2n) is 3.58. The molecular weight excluding hydrogens is 218 g/mol. The van der Waals surface area contributed by atoms with E-state index in [1.165, 1.54) is 16.7 Å². The molecule has 1 saturated heterocycles. The van der Waals surface area contributed by atoms with Crippen molar-refractivity contribution < 1.29 is 19.4 Å². The average molecular weight is 233 g/mol. The zero-order valence-corrected chi connectivity index (χ0v) is 9.62. The highest BCUT2D eigenvalue weighted by atomic mass is 32.2. The first-order valence-electron chi connectivity index (χ1n) is 4.74. The maximum Gasteiger partial charge on any atom is 0.327 e. The SMILES string of the molecule is CC(C)OCC(=O)N1CSCC1C(=O)O. The van der Waals surface area contributed by atoms with Crippen molar-refractivity contribution in [3.05, 3.63) is 0 Å². The van der Waals surface area contributed by atoms with Crippen molar-refractivity contribution in [3.63, 3.8) is 0 Å². The van der Waals surface area contributed by atoms with Crippen molar-refractivity contribution in [1.82, 2.24) is 4.90 Å². The number of aliphatic carboxylic acids is 1. The van der Waals surface area contributed by atoms with Gasteiger partial charge in [-0.25, -0.2) is 4.79 Å². The summed E-state index contributed by atoms with van der Waals surface area (Å²) in [7, 11) is 0. The van der Waals surface area contributed by atoms with E-state index in [9.17, 15) is 9.59 Å². The summed E-state index contributed by atoms with van der Waals surface area (Å²) in [6, 6.07) is -0.696. The number of carboxylic acids is 1. The van der Waals surface area contributed by atoms with Crippen LogP contribution in [0.25, 0.3) is 0 Å². The van der Waals surface area contributed by atoms with Gasteiger partial charge in [0, 0.05) is 5.75 Å². The van der Waals surface area contributed by atoms with E-state index in [1.807, 2.05) is 13.8 Å². The zero-order chi connectivity index (χ0) is 11.4. The fraction of sp³-hybridized carbons (Fsp3) is 0.778.